The Bertz CT molecular complexity index is 842. The van der Waals surface area contributed by atoms with Crippen LogP contribution in [0.1, 0.15) is 19.4 Å². The first-order valence-corrected chi connectivity index (χ1v) is 9.89. The third kappa shape index (κ3) is 4.16. The largest absolute Gasteiger partial charge is 0.461 e. The highest BCUT2D eigenvalue weighted by Gasteiger charge is 2.61. The van der Waals surface area contributed by atoms with Crippen LogP contribution in [0.5, 0.6) is 0 Å². The van der Waals surface area contributed by atoms with E-state index in [0.29, 0.717) is 0 Å². The molecule has 2 aromatic rings. The topological polar surface area (TPSA) is 26.3 Å². The molecule has 136 valence electrons. The molecule has 2 nitrogen and oxygen atoms in total. The van der Waals surface area contributed by atoms with Crippen LogP contribution in [-0.4, -0.2) is 5.97 Å². The van der Waals surface area contributed by atoms with Crippen molar-refractivity contribution >= 4 is 45.1 Å². The van der Waals surface area contributed by atoms with Gasteiger partial charge >= 0.3 is 5.97 Å². The molecule has 26 heavy (non-hydrogen) atoms. The number of esters is 1. The zero-order valence-corrected chi connectivity index (χ0v) is 17.6. The summed E-state index contributed by atoms with van der Waals surface area (Å²) >= 11 is 15.0. The summed E-state index contributed by atoms with van der Waals surface area (Å²) in [4.78, 5) is 12.5. The Balaban J connectivity index is 1.70. The summed E-state index contributed by atoms with van der Waals surface area (Å²) in [6, 6.07) is 16.2. The summed E-state index contributed by atoms with van der Waals surface area (Å²) in [6.07, 6.45) is 1.72. The number of carbonyl (C=O) groups excluding carboxylic acids is 1. The second-order valence-corrected chi connectivity index (χ2v) is 8.92. The molecule has 1 aliphatic carbocycles. The fraction of sp³-hybridized carbons (Fsp3) is 0.286. The van der Waals surface area contributed by atoms with Gasteiger partial charge in [0.1, 0.15) is 11.1 Å². The number of allylic oxidation sites excluding steroid dienone is 1. The molecule has 2 atom stereocenters. The Kier molecular flexibility index (Phi) is 5.81. The first-order valence-electron chi connectivity index (χ1n) is 8.34. The van der Waals surface area contributed by atoms with E-state index in [0.717, 1.165) is 21.2 Å². The van der Waals surface area contributed by atoms with Gasteiger partial charge in [-0.2, -0.15) is 0 Å². The van der Waals surface area contributed by atoms with Gasteiger partial charge in [-0.1, -0.05) is 89.4 Å². The van der Waals surface area contributed by atoms with Crippen LogP contribution in [-0.2, 0) is 16.1 Å². The minimum absolute atomic E-state index is 0.0130. The lowest BCUT2D eigenvalue weighted by Gasteiger charge is -2.10. The number of hydrogen-bond donors (Lipinski definition) is 0. The Morgan fingerprint density at radius 2 is 1.85 bits per heavy atom. The number of hydrogen-bond acceptors (Lipinski definition) is 2. The van der Waals surface area contributed by atoms with Crippen LogP contribution in [0.4, 0.5) is 0 Å². The van der Waals surface area contributed by atoms with Gasteiger partial charge in [0.15, 0.2) is 0 Å². The lowest BCUT2D eigenvalue weighted by Crippen LogP contribution is -2.11. The molecule has 0 heterocycles. The third-order valence-corrected chi connectivity index (χ3v) is 6.02. The fourth-order valence-electron chi connectivity index (χ4n) is 3.31. The van der Waals surface area contributed by atoms with Crippen LogP contribution >= 0.6 is 39.1 Å². The van der Waals surface area contributed by atoms with Crippen LogP contribution in [0.2, 0.25) is 0 Å². The van der Waals surface area contributed by atoms with Crippen molar-refractivity contribution in [2.24, 2.45) is 17.3 Å². The van der Waals surface area contributed by atoms with Crippen molar-refractivity contribution < 1.29 is 9.53 Å². The molecular formula is C21H19BrCl2O2. The minimum Gasteiger partial charge on any atom is -0.461 e. The number of rotatable bonds is 5. The first kappa shape index (κ1) is 19.5. The van der Waals surface area contributed by atoms with E-state index < -0.39 is 0 Å². The van der Waals surface area contributed by atoms with Crippen LogP contribution in [0.25, 0.3) is 11.1 Å². The molecule has 0 N–H and O–H groups in total. The van der Waals surface area contributed by atoms with Crippen LogP contribution in [0.3, 0.4) is 0 Å². The summed E-state index contributed by atoms with van der Waals surface area (Å²) in [5, 5.41) is 0. The summed E-state index contributed by atoms with van der Waals surface area (Å²) < 4.78 is 6.70. The van der Waals surface area contributed by atoms with Gasteiger partial charge in [-0.3, -0.25) is 4.79 Å². The zero-order chi connectivity index (χ0) is 18.9. The van der Waals surface area contributed by atoms with Crippen molar-refractivity contribution in [3.63, 3.8) is 0 Å². The van der Waals surface area contributed by atoms with Crippen molar-refractivity contribution in [2.45, 2.75) is 20.5 Å². The fourth-order valence-corrected chi connectivity index (χ4v) is 3.94. The predicted octanol–water partition coefficient (Wildman–Crippen LogP) is 6.75. The monoisotopic (exact) mass is 452 g/mol. The molecule has 0 bridgehead atoms. The Labute approximate surface area is 172 Å². The summed E-state index contributed by atoms with van der Waals surface area (Å²) in [7, 11) is 0. The van der Waals surface area contributed by atoms with E-state index in [1.54, 1.807) is 6.08 Å². The zero-order valence-electron chi connectivity index (χ0n) is 14.5. The van der Waals surface area contributed by atoms with Gasteiger partial charge in [0.2, 0.25) is 0 Å². The second kappa shape index (κ2) is 7.75. The highest BCUT2D eigenvalue weighted by atomic mass is 79.9. The van der Waals surface area contributed by atoms with E-state index in [-0.39, 0.29) is 34.3 Å². The molecule has 1 aliphatic rings. The van der Waals surface area contributed by atoms with Crippen molar-refractivity contribution in [3.8, 4) is 11.1 Å². The second-order valence-electron chi connectivity index (χ2n) is 7.06. The van der Waals surface area contributed by atoms with Gasteiger partial charge in [-0.25, -0.2) is 0 Å². The average Bonchev–Trinajstić information content (AvgIpc) is 3.14. The number of ether oxygens (including phenoxy) is 1. The summed E-state index contributed by atoms with van der Waals surface area (Å²) in [6.45, 7) is 4.25. The van der Waals surface area contributed by atoms with Crippen molar-refractivity contribution in [2.75, 3.05) is 0 Å². The Morgan fingerprint density at radius 1 is 1.15 bits per heavy atom. The minimum atomic E-state index is -0.220. The van der Waals surface area contributed by atoms with E-state index >= 15 is 0 Å². The molecule has 5 heteroatoms. The van der Waals surface area contributed by atoms with Gasteiger partial charge < -0.3 is 4.74 Å². The third-order valence-electron chi connectivity index (χ3n) is 4.99. The van der Waals surface area contributed by atoms with Crippen molar-refractivity contribution in [1.29, 1.82) is 0 Å². The van der Waals surface area contributed by atoms with Gasteiger partial charge in [0.25, 0.3) is 0 Å². The van der Waals surface area contributed by atoms with Crippen LogP contribution < -0.4 is 0 Å². The molecule has 0 spiro atoms. The van der Waals surface area contributed by atoms with Crippen molar-refractivity contribution in [1.82, 2.24) is 0 Å². The number of halogens is 3. The van der Waals surface area contributed by atoms with Crippen LogP contribution in [0, 0.1) is 17.3 Å². The summed E-state index contributed by atoms with van der Waals surface area (Å²) in [5.41, 5.74) is 2.95. The SMILES string of the molecule is CC1(C)[C@H](C=C(Cl)Cl)[C@H]1C(=O)OCc1cc(-c2ccccc2)ccc1Br. The van der Waals surface area contributed by atoms with Gasteiger partial charge in [-0.05, 0) is 40.7 Å². The Hall–Kier alpha value is -1.29. The Morgan fingerprint density at radius 3 is 2.50 bits per heavy atom. The molecule has 1 saturated carbocycles. The van der Waals surface area contributed by atoms with E-state index in [9.17, 15) is 4.79 Å². The highest BCUT2D eigenvalue weighted by Crippen LogP contribution is 2.60. The van der Waals surface area contributed by atoms with E-state index in [2.05, 4.69) is 28.1 Å². The lowest BCUT2D eigenvalue weighted by atomic mass is 10.0. The van der Waals surface area contributed by atoms with E-state index in [1.165, 1.54) is 0 Å². The number of carbonyl (C=O) groups is 1. The molecule has 0 saturated heterocycles. The molecule has 0 aromatic heterocycles. The maximum absolute atomic E-state index is 12.5. The van der Waals surface area contributed by atoms with Crippen molar-refractivity contribution in [3.05, 3.63) is 69.1 Å². The molecule has 3 rings (SSSR count). The maximum atomic E-state index is 12.5. The summed E-state index contributed by atoms with van der Waals surface area (Å²) in [5.74, 6) is -0.423. The predicted molar refractivity (Wildman–Crippen MR) is 110 cm³/mol. The molecule has 1 fully saturated rings. The molecular weight excluding hydrogens is 435 g/mol. The first-order chi connectivity index (χ1) is 12.3. The molecule has 0 amide bonds. The van der Waals surface area contributed by atoms with Gasteiger partial charge in [0.05, 0.1) is 5.92 Å². The normalized spacial score (nSPS) is 20.3. The smallest absolute Gasteiger partial charge is 0.310 e. The molecule has 2 aromatic carbocycles. The molecule has 0 unspecified atom stereocenters. The lowest BCUT2D eigenvalue weighted by molar-refractivity contribution is -0.147. The standard InChI is InChI=1S/C21H19BrCl2O2/c1-21(2)16(11-18(23)24)19(21)20(25)26-12-15-10-14(8-9-17(15)22)13-6-4-3-5-7-13/h3-11,16,19H,12H2,1-2H3/t16-,19+/m1/s1. The van der Waals surface area contributed by atoms with Gasteiger partial charge in [0, 0.05) is 10.0 Å². The van der Waals surface area contributed by atoms with Gasteiger partial charge in [-0.15, -0.1) is 0 Å². The molecule has 0 aliphatic heterocycles. The quantitative estimate of drug-likeness (QED) is 0.468. The number of benzene rings is 2. The highest BCUT2D eigenvalue weighted by molar-refractivity contribution is 9.10. The van der Waals surface area contributed by atoms with E-state index in [1.807, 2.05) is 50.2 Å². The maximum Gasteiger partial charge on any atom is 0.310 e. The van der Waals surface area contributed by atoms with Crippen LogP contribution in [0.15, 0.2) is 63.6 Å². The molecule has 0 radical (unpaired) electrons. The van der Waals surface area contributed by atoms with E-state index in [4.69, 9.17) is 27.9 Å². The average molecular weight is 454 g/mol.